The third kappa shape index (κ3) is 1.14. The molecule has 0 saturated heterocycles. The Balaban J connectivity index is 3.27. The van der Waals surface area contributed by atoms with Crippen molar-refractivity contribution in [3.8, 4) is 0 Å². The van der Waals surface area contributed by atoms with E-state index in [4.69, 9.17) is 11.6 Å². The topological polar surface area (TPSA) is 25.8 Å². The fraction of sp³-hybridized carbons (Fsp3) is 0. The number of nitrogens with zero attached hydrogens (tertiary/aromatic N) is 2. The number of rotatable bonds is 1. The summed E-state index contributed by atoms with van der Waals surface area (Å²) in [6, 6.07) is 0. The lowest BCUT2D eigenvalue weighted by molar-refractivity contribution is 0.610. The minimum absolute atomic E-state index is 0.125. The van der Waals surface area contributed by atoms with E-state index in [0.29, 0.717) is 0 Å². The first-order chi connectivity index (χ1) is 4.75. The van der Waals surface area contributed by atoms with Crippen molar-refractivity contribution in [2.75, 3.05) is 0 Å². The molecule has 10 heavy (non-hydrogen) atoms. The summed E-state index contributed by atoms with van der Waals surface area (Å²) in [5.74, 6) is -0.626. The highest BCUT2D eigenvalue weighted by Crippen LogP contribution is 2.12. The lowest BCUT2D eigenvalue weighted by atomic mass is 10.4. The minimum Gasteiger partial charge on any atom is -0.234 e. The Labute approximate surface area is 62.4 Å². The second-order valence-corrected chi connectivity index (χ2v) is 1.93. The Morgan fingerprint density at radius 1 is 1.60 bits per heavy atom. The van der Waals surface area contributed by atoms with Crippen molar-refractivity contribution in [1.82, 2.24) is 9.97 Å². The normalized spacial score (nSPS) is 9.40. The Morgan fingerprint density at radius 3 is 2.80 bits per heavy atom. The van der Waals surface area contributed by atoms with Gasteiger partial charge >= 0.3 is 0 Å². The van der Waals surface area contributed by atoms with Crippen molar-refractivity contribution in [1.29, 1.82) is 0 Å². The van der Waals surface area contributed by atoms with Crippen molar-refractivity contribution in [2.24, 2.45) is 0 Å². The molecule has 1 aromatic rings. The average molecular weight is 159 g/mol. The summed E-state index contributed by atoms with van der Waals surface area (Å²) in [5.41, 5.74) is 0.125. The van der Waals surface area contributed by atoms with Crippen LogP contribution >= 0.6 is 11.6 Å². The highest BCUT2D eigenvalue weighted by Gasteiger charge is 2.03. The van der Waals surface area contributed by atoms with Gasteiger partial charge in [0, 0.05) is 0 Å². The summed E-state index contributed by atoms with van der Waals surface area (Å²) >= 11 is 5.32. The highest BCUT2D eigenvalue weighted by molar-refractivity contribution is 6.29. The molecular formula is C6H4ClFN2. The maximum absolute atomic E-state index is 12.7. The van der Waals surface area contributed by atoms with E-state index in [0.717, 1.165) is 0 Å². The molecule has 0 saturated carbocycles. The van der Waals surface area contributed by atoms with Gasteiger partial charge in [0.2, 0.25) is 0 Å². The molecule has 0 atom stereocenters. The molecule has 1 heterocycles. The minimum atomic E-state index is -0.626. The molecule has 0 bridgehead atoms. The predicted octanol–water partition coefficient (Wildman–Crippen LogP) is 1.91. The van der Waals surface area contributed by atoms with Crippen LogP contribution in [0.5, 0.6) is 0 Å². The predicted molar refractivity (Wildman–Crippen MR) is 37.1 cm³/mol. The third-order valence-electron chi connectivity index (χ3n) is 0.967. The van der Waals surface area contributed by atoms with Crippen LogP contribution in [0.4, 0.5) is 4.39 Å². The lowest BCUT2D eigenvalue weighted by Crippen LogP contribution is -1.90. The molecule has 2 nitrogen and oxygen atoms in total. The molecule has 52 valence electrons. The molecule has 0 radical (unpaired) electrons. The van der Waals surface area contributed by atoms with Gasteiger partial charge in [-0.25, -0.2) is 14.4 Å². The molecule has 0 aliphatic rings. The standard InChI is InChI=1S/C6H4ClFN2/c1-2-4-5(8)6(7)10-3-9-4/h2-3H,1H2. The quantitative estimate of drug-likeness (QED) is 0.584. The first kappa shape index (κ1) is 7.15. The molecule has 4 heteroatoms. The number of hydrogen-bond acceptors (Lipinski definition) is 2. The van der Waals surface area contributed by atoms with Crippen LogP contribution in [0.1, 0.15) is 5.69 Å². The first-order valence-corrected chi connectivity index (χ1v) is 2.92. The molecule has 0 N–H and O–H groups in total. The van der Waals surface area contributed by atoms with Crippen LogP contribution in [-0.2, 0) is 0 Å². The van der Waals surface area contributed by atoms with Gasteiger partial charge in [0.05, 0.1) is 0 Å². The van der Waals surface area contributed by atoms with Crippen LogP contribution in [-0.4, -0.2) is 9.97 Å². The summed E-state index contributed by atoms with van der Waals surface area (Å²) < 4.78 is 12.7. The molecule has 0 aliphatic heterocycles. The fourth-order valence-electron chi connectivity index (χ4n) is 0.503. The SMILES string of the molecule is C=Cc1ncnc(Cl)c1F. The van der Waals surface area contributed by atoms with Crippen LogP contribution in [0.15, 0.2) is 12.9 Å². The first-order valence-electron chi connectivity index (χ1n) is 2.54. The van der Waals surface area contributed by atoms with Gasteiger partial charge in [-0.2, -0.15) is 0 Å². The van der Waals surface area contributed by atoms with E-state index in [-0.39, 0.29) is 10.8 Å². The molecule has 0 fully saturated rings. The summed E-state index contributed by atoms with van der Waals surface area (Å²) in [4.78, 5) is 6.99. The Bertz CT molecular complexity index is 262. The molecule has 0 amide bonds. The maximum atomic E-state index is 12.7. The second kappa shape index (κ2) is 2.75. The van der Waals surface area contributed by atoms with Gasteiger partial charge in [0.1, 0.15) is 12.0 Å². The van der Waals surface area contributed by atoms with E-state index in [9.17, 15) is 4.39 Å². The zero-order chi connectivity index (χ0) is 7.56. The molecule has 0 unspecified atom stereocenters. The third-order valence-corrected chi connectivity index (χ3v) is 1.23. The Morgan fingerprint density at radius 2 is 2.30 bits per heavy atom. The fourth-order valence-corrected chi connectivity index (χ4v) is 0.644. The number of aromatic nitrogens is 2. The van der Waals surface area contributed by atoms with Crippen LogP contribution in [0.3, 0.4) is 0 Å². The summed E-state index contributed by atoms with van der Waals surface area (Å²) in [6.45, 7) is 3.34. The van der Waals surface area contributed by atoms with Crippen LogP contribution in [0, 0.1) is 5.82 Å². The van der Waals surface area contributed by atoms with Crippen molar-refractivity contribution >= 4 is 17.7 Å². The molecule has 0 aromatic carbocycles. The summed E-state index contributed by atoms with van der Waals surface area (Å²) in [7, 11) is 0. The van der Waals surface area contributed by atoms with E-state index in [1.807, 2.05) is 0 Å². The monoisotopic (exact) mass is 158 g/mol. The Kier molecular flexibility index (Phi) is 1.97. The van der Waals surface area contributed by atoms with E-state index in [1.165, 1.54) is 12.4 Å². The molecular weight excluding hydrogens is 155 g/mol. The van der Waals surface area contributed by atoms with E-state index < -0.39 is 5.82 Å². The summed E-state index contributed by atoms with van der Waals surface area (Å²) in [6.07, 6.45) is 2.46. The van der Waals surface area contributed by atoms with E-state index in [1.54, 1.807) is 0 Å². The van der Waals surface area contributed by atoms with E-state index >= 15 is 0 Å². The van der Waals surface area contributed by atoms with Crippen molar-refractivity contribution in [3.05, 3.63) is 29.6 Å². The largest absolute Gasteiger partial charge is 0.234 e. The maximum Gasteiger partial charge on any atom is 0.186 e. The van der Waals surface area contributed by atoms with Gasteiger partial charge in [0.25, 0.3) is 0 Å². The van der Waals surface area contributed by atoms with Gasteiger partial charge in [-0.1, -0.05) is 18.2 Å². The smallest absolute Gasteiger partial charge is 0.186 e. The highest BCUT2D eigenvalue weighted by atomic mass is 35.5. The van der Waals surface area contributed by atoms with E-state index in [2.05, 4.69) is 16.5 Å². The van der Waals surface area contributed by atoms with Gasteiger partial charge in [-0.05, 0) is 6.08 Å². The van der Waals surface area contributed by atoms with Crippen LogP contribution in [0.2, 0.25) is 5.15 Å². The number of halogens is 2. The van der Waals surface area contributed by atoms with Gasteiger partial charge < -0.3 is 0 Å². The average Bonchev–Trinajstić information content (AvgIpc) is 1.95. The summed E-state index contributed by atoms with van der Waals surface area (Å²) in [5, 5.41) is -0.176. The zero-order valence-electron chi connectivity index (χ0n) is 5.01. The molecule has 0 aliphatic carbocycles. The molecule has 0 spiro atoms. The van der Waals surface area contributed by atoms with Gasteiger partial charge in [-0.3, -0.25) is 0 Å². The van der Waals surface area contributed by atoms with Crippen LogP contribution < -0.4 is 0 Å². The van der Waals surface area contributed by atoms with Gasteiger partial charge in [0.15, 0.2) is 11.0 Å². The molecule has 1 rings (SSSR count). The van der Waals surface area contributed by atoms with Crippen LogP contribution in [0.25, 0.3) is 6.08 Å². The number of hydrogen-bond donors (Lipinski definition) is 0. The zero-order valence-corrected chi connectivity index (χ0v) is 5.77. The van der Waals surface area contributed by atoms with Gasteiger partial charge in [-0.15, -0.1) is 0 Å². The molecule has 1 aromatic heterocycles. The van der Waals surface area contributed by atoms with Crippen molar-refractivity contribution < 1.29 is 4.39 Å². The van der Waals surface area contributed by atoms with Crippen molar-refractivity contribution in [2.45, 2.75) is 0 Å². The van der Waals surface area contributed by atoms with Crippen molar-refractivity contribution in [3.63, 3.8) is 0 Å². The second-order valence-electron chi connectivity index (χ2n) is 1.57. The Hall–Kier alpha value is -0.960. The lowest BCUT2D eigenvalue weighted by Gasteiger charge is -1.93.